The first-order valence-electron chi connectivity index (χ1n) is 4.07. The summed E-state index contributed by atoms with van der Waals surface area (Å²) in [6, 6.07) is 3.67. The summed E-state index contributed by atoms with van der Waals surface area (Å²) in [5, 5.41) is 10.1. The Kier molecular flexibility index (Phi) is 3.45. The van der Waals surface area contributed by atoms with Crippen molar-refractivity contribution in [1.82, 2.24) is 0 Å². The van der Waals surface area contributed by atoms with E-state index in [1.54, 1.807) is 13.0 Å². The maximum atomic E-state index is 10.4. The minimum atomic E-state index is -0.355. The summed E-state index contributed by atoms with van der Waals surface area (Å²) in [5.41, 5.74) is 0. The van der Waals surface area contributed by atoms with Gasteiger partial charge in [0.2, 0.25) is 0 Å². The molecule has 1 rings (SSSR count). The summed E-state index contributed by atoms with van der Waals surface area (Å²) in [4.78, 5) is 13.1. The molecule has 0 aliphatic heterocycles. The normalized spacial score (nSPS) is 12.5. The van der Waals surface area contributed by atoms with E-state index in [0.29, 0.717) is 11.4 Å². The molecule has 1 aromatic rings. The molecule has 13 heavy (non-hydrogen) atoms. The van der Waals surface area contributed by atoms with Gasteiger partial charge in [-0.25, -0.2) is 0 Å². The highest BCUT2D eigenvalue weighted by atomic mass is 32.1. The average Bonchev–Trinajstić information content (AvgIpc) is 2.50. The summed E-state index contributed by atoms with van der Waals surface area (Å²) in [6.45, 7) is 2.32. The number of aliphatic hydroxyl groups excluding tert-OH is 1. The third-order valence-corrected chi connectivity index (χ3v) is 2.77. The van der Waals surface area contributed by atoms with Crippen molar-refractivity contribution < 1.29 is 9.90 Å². The Morgan fingerprint density at radius 1 is 1.69 bits per heavy atom. The summed E-state index contributed by atoms with van der Waals surface area (Å²) < 4.78 is 0. The Morgan fingerprint density at radius 2 is 2.38 bits per heavy atom. The minimum absolute atomic E-state index is 0.355. The number of anilines is 1. The zero-order valence-corrected chi connectivity index (χ0v) is 8.54. The molecule has 1 atom stereocenters. The van der Waals surface area contributed by atoms with Gasteiger partial charge in [0.15, 0.2) is 6.29 Å². The smallest absolute Gasteiger partial charge is 0.160 e. The number of thiophene rings is 1. The van der Waals surface area contributed by atoms with Gasteiger partial charge in [-0.15, -0.1) is 11.3 Å². The van der Waals surface area contributed by atoms with Crippen LogP contribution in [0.3, 0.4) is 0 Å². The van der Waals surface area contributed by atoms with E-state index in [0.717, 1.165) is 11.3 Å². The molecular formula is C9H13NO2S. The number of aldehydes is 1. The number of hydrogen-bond donors (Lipinski definition) is 1. The lowest BCUT2D eigenvalue weighted by Gasteiger charge is -2.18. The predicted octanol–water partition coefficient (Wildman–Crippen LogP) is 1.38. The molecule has 0 aliphatic rings. The van der Waals surface area contributed by atoms with Crippen LogP contribution >= 0.6 is 11.3 Å². The van der Waals surface area contributed by atoms with Gasteiger partial charge >= 0.3 is 0 Å². The number of carbonyl (C=O) groups excluding carboxylic acids is 1. The van der Waals surface area contributed by atoms with Crippen molar-refractivity contribution in [1.29, 1.82) is 0 Å². The first-order chi connectivity index (χ1) is 6.13. The zero-order valence-electron chi connectivity index (χ0n) is 7.73. The summed E-state index contributed by atoms with van der Waals surface area (Å²) >= 11 is 1.43. The van der Waals surface area contributed by atoms with E-state index in [1.165, 1.54) is 11.3 Å². The van der Waals surface area contributed by atoms with Gasteiger partial charge in [0, 0.05) is 13.6 Å². The monoisotopic (exact) mass is 199 g/mol. The molecule has 1 N–H and O–H groups in total. The lowest BCUT2D eigenvalue weighted by molar-refractivity contribution is 0.112. The van der Waals surface area contributed by atoms with E-state index < -0.39 is 0 Å². The van der Waals surface area contributed by atoms with Crippen LogP contribution in [0.2, 0.25) is 0 Å². The molecule has 0 saturated carbocycles. The fourth-order valence-electron chi connectivity index (χ4n) is 1.10. The lowest BCUT2D eigenvalue weighted by Crippen LogP contribution is -2.25. The van der Waals surface area contributed by atoms with E-state index in [2.05, 4.69) is 0 Å². The summed E-state index contributed by atoms with van der Waals surface area (Å²) in [6.07, 6.45) is 0.483. The van der Waals surface area contributed by atoms with Crippen molar-refractivity contribution >= 4 is 22.6 Å². The highest BCUT2D eigenvalue weighted by Crippen LogP contribution is 2.23. The first-order valence-corrected chi connectivity index (χ1v) is 4.89. The van der Waals surface area contributed by atoms with Gasteiger partial charge in [-0.05, 0) is 19.1 Å². The molecule has 72 valence electrons. The molecule has 0 bridgehead atoms. The van der Waals surface area contributed by atoms with Gasteiger partial charge in [0.1, 0.15) is 0 Å². The van der Waals surface area contributed by atoms with Crippen LogP contribution in [0, 0.1) is 0 Å². The number of hydrogen-bond acceptors (Lipinski definition) is 4. The Hall–Kier alpha value is -0.870. The van der Waals surface area contributed by atoms with Gasteiger partial charge in [0.25, 0.3) is 0 Å². The maximum absolute atomic E-state index is 10.4. The van der Waals surface area contributed by atoms with Crippen molar-refractivity contribution in [3.8, 4) is 0 Å². The predicted molar refractivity (Wildman–Crippen MR) is 54.7 cm³/mol. The Bertz CT molecular complexity index is 283. The Balaban J connectivity index is 2.65. The number of likely N-dealkylation sites (N-methyl/N-ethyl adjacent to an activating group) is 1. The van der Waals surface area contributed by atoms with Crippen LogP contribution in [0.15, 0.2) is 12.1 Å². The molecule has 1 aromatic heterocycles. The van der Waals surface area contributed by atoms with Crippen molar-refractivity contribution in [2.45, 2.75) is 13.0 Å². The Morgan fingerprint density at radius 3 is 2.85 bits per heavy atom. The van der Waals surface area contributed by atoms with Crippen LogP contribution in [-0.4, -0.2) is 31.1 Å². The fraction of sp³-hybridized carbons (Fsp3) is 0.444. The zero-order chi connectivity index (χ0) is 9.84. The van der Waals surface area contributed by atoms with Gasteiger partial charge < -0.3 is 10.0 Å². The molecule has 0 amide bonds. The molecule has 4 heteroatoms. The van der Waals surface area contributed by atoms with Crippen LogP contribution in [-0.2, 0) is 0 Å². The summed E-state index contributed by atoms with van der Waals surface area (Å²) in [7, 11) is 1.90. The summed E-state index contributed by atoms with van der Waals surface area (Å²) in [5.74, 6) is 0. The number of aliphatic hydroxyl groups is 1. The molecule has 0 saturated heterocycles. The third-order valence-electron chi connectivity index (χ3n) is 1.64. The highest BCUT2D eigenvalue weighted by molar-refractivity contribution is 7.17. The second-order valence-electron chi connectivity index (χ2n) is 3.02. The van der Waals surface area contributed by atoms with Crippen LogP contribution in [0.25, 0.3) is 0 Å². The van der Waals surface area contributed by atoms with Crippen molar-refractivity contribution in [2.75, 3.05) is 18.5 Å². The van der Waals surface area contributed by atoms with Gasteiger partial charge in [0.05, 0.1) is 16.0 Å². The maximum Gasteiger partial charge on any atom is 0.160 e. The SMILES string of the molecule is CC(O)CN(C)c1ccc(C=O)s1. The van der Waals surface area contributed by atoms with Crippen molar-refractivity contribution in [3.05, 3.63) is 17.0 Å². The van der Waals surface area contributed by atoms with Crippen LogP contribution in [0.4, 0.5) is 5.00 Å². The molecule has 0 spiro atoms. The lowest BCUT2D eigenvalue weighted by atomic mass is 10.4. The van der Waals surface area contributed by atoms with Gasteiger partial charge in [-0.1, -0.05) is 0 Å². The van der Waals surface area contributed by atoms with Crippen LogP contribution < -0.4 is 4.90 Å². The molecule has 1 unspecified atom stereocenters. The molecule has 1 heterocycles. The topological polar surface area (TPSA) is 40.5 Å². The van der Waals surface area contributed by atoms with E-state index in [9.17, 15) is 4.79 Å². The molecule has 0 aromatic carbocycles. The first kappa shape index (κ1) is 10.2. The van der Waals surface area contributed by atoms with E-state index in [-0.39, 0.29) is 6.10 Å². The molecule has 3 nitrogen and oxygen atoms in total. The largest absolute Gasteiger partial charge is 0.392 e. The van der Waals surface area contributed by atoms with E-state index >= 15 is 0 Å². The molecule has 0 aliphatic carbocycles. The number of nitrogens with zero attached hydrogens (tertiary/aromatic N) is 1. The highest BCUT2D eigenvalue weighted by Gasteiger charge is 2.06. The second kappa shape index (κ2) is 4.39. The molecule has 0 fully saturated rings. The third kappa shape index (κ3) is 2.82. The van der Waals surface area contributed by atoms with E-state index in [1.807, 2.05) is 18.0 Å². The van der Waals surface area contributed by atoms with Crippen LogP contribution in [0.1, 0.15) is 16.6 Å². The number of rotatable bonds is 4. The van der Waals surface area contributed by atoms with Crippen molar-refractivity contribution in [2.24, 2.45) is 0 Å². The van der Waals surface area contributed by atoms with Crippen LogP contribution in [0.5, 0.6) is 0 Å². The number of carbonyl (C=O) groups is 1. The van der Waals surface area contributed by atoms with E-state index in [4.69, 9.17) is 5.11 Å². The Labute approximate surface area is 81.6 Å². The standard InChI is InChI=1S/C9H13NO2S/c1-7(12)5-10(2)9-4-3-8(6-11)13-9/h3-4,6-7,12H,5H2,1-2H3. The average molecular weight is 199 g/mol. The van der Waals surface area contributed by atoms with Crippen molar-refractivity contribution in [3.63, 3.8) is 0 Å². The minimum Gasteiger partial charge on any atom is -0.392 e. The quantitative estimate of drug-likeness (QED) is 0.745. The van der Waals surface area contributed by atoms with Gasteiger partial charge in [-0.3, -0.25) is 4.79 Å². The second-order valence-corrected chi connectivity index (χ2v) is 4.12. The van der Waals surface area contributed by atoms with Gasteiger partial charge in [-0.2, -0.15) is 0 Å². The molecule has 0 radical (unpaired) electrons. The fourth-order valence-corrected chi connectivity index (χ4v) is 1.89. The molecular weight excluding hydrogens is 186 g/mol.